The molecule has 0 aliphatic heterocycles. The van der Waals surface area contributed by atoms with Crippen molar-refractivity contribution >= 4 is 23.3 Å². The highest BCUT2D eigenvalue weighted by Gasteiger charge is 2.22. The molecular formula is C24H21ClFNO2. The van der Waals surface area contributed by atoms with Gasteiger partial charge in [-0.1, -0.05) is 78.3 Å². The molecule has 0 fully saturated rings. The van der Waals surface area contributed by atoms with Crippen molar-refractivity contribution in [2.75, 3.05) is 6.61 Å². The lowest BCUT2D eigenvalue weighted by atomic mass is 10.0. The molecule has 3 aromatic rings. The lowest BCUT2D eigenvalue weighted by Crippen LogP contribution is -2.26. The Bertz CT molecular complexity index is 949. The Morgan fingerprint density at radius 3 is 2.10 bits per heavy atom. The second kappa shape index (κ2) is 9.99. The monoisotopic (exact) mass is 409 g/mol. The zero-order valence-electron chi connectivity index (χ0n) is 16.0. The van der Waals surface area contributed by atoms with Gasteiger partial charge in [0.05, 0.1) is 12.3 Å². The van der Waals surface area contributed by atoms with Crippen LogP contribution in [0.25, 0.3) is 0 Å². The van der Waals surface area contributed by atoms with Crippen LogP contribution < -0.4 is 0 Å². The predicted octanol–water partition coefficient (Wildman–Crippen LogP) is 5.49. The average molecular weight is 410 g/mol. The zero-order valence-corrected chi connectivity index (χ0v) is 16.8. The summed E-state index contributed by atoms with van der Waals surface area (Å²) in [5.41, 5.74) is 3.09. The van der Waals surface area contributed by atoms with Gasteiger partial charge in [0.25, 0.3) is 0 Å². The summed E-state index contributed by atoms with van der Waals surface area (Å²) in [6.07, 6.45) is 0.209. The van der Waals surface area contributed by atoms with Gasteiger partial charge in [0.2, 0.25) is 0 Å². The van der Waals surface area contributed by atoms with E-state index in [4.69, 9.17) is 21.3 Å². The lowest BCUT2D eigenvalue weighted by molar-refractivity contribution is -0.144. The number of benzene rings is 3. The largest absolute Gasteiger partial charge is 0.464 e. The van der Waals surface area contributed by atoms with Gasteiger partial charge in [0.1, 0.15) is 5.82 Å². The molecule has 5 heteroatoms. The number of nitrogens with zero attached hydrogens (tertiary/aromatic N) is 1. The number of rotatable bonds is 7. The third-order valence-corrected chi connectivity index (χ3v) is 4.72. The van der Waals surface area contributed by atoms with E-state index < -0.39 is 17.8 Å². The first kappa shape index (κ1) is 20.7. The molecule has 0 spiro atoms. The lowest BCUT2D eigenvalue weighted by Gasteiger charge is -2.16. The first-order valence-corrected chi connectivity index (χ1v) is 9.75. The molecule has 0 aliphatic rings. The number of carbonyl (C=O) groups excluding carboxylic acids is 1. The Kier molecular flexibility index (Phi) is 7.14. The summed E-state index contributed by atoms with van der Waals surface area (Å²) in [6, 6.07) is 22.6. The molecule has 0 radical (unpaired) electrons. The summed E-state index contributed by atoms with van der Waals surface area (Å²) in [5.74, 6) is -0.874. The van der Waals surface area contributed by atoms with E-state index in [1.807, 2.05) is 60.7 Å². The van der Waals surface area contributed by atoms with Crippen molar-refractivity contribution in [3.05, 3.63) is 106 Å². The summed E-state index contributed by atoms with van der Waals surface area (Å²) in [7, 11) is 0. The second-order valence-corrected chi connectivity index (χ2v) is 6.82. The van der Waals surface area contributed by atoms with E-state index in [2.05, 4.69) is 0 Å². The summed E-state index contributed by atoms with van der Waals surface area (Å²) < 4.78 is 18.7. The summed E-state index contributed by atoms with van der Waals surface area (Å²) in [5, 5.41) is 0.260. The number of hydrogen-bond acceptors (Lipinski definition) is 3. The van der Waals surface area contributed by atoms with Crippen LogP contribution in [0.4, 0.5) is 4.39 Å². The van der Waals surface area contributed by atoms with Gasteiger partial charge in [-0.25, -0.2) is 9.18 Å². The number of ether oxygens (including phenoxy) is 1. The summed E-state index contributed by atoms with van der Waals surface area (Å²) in [4.78, 5) is 17.5. The Balaban J connectivity index is 2.06. The van der Waals surface area contributed by atoms with Gasteiger partial charge in [0.15, 0.2) is 6.04 Å². The van der Waals surface area contributed by atoms with E-state index in [1.165, 1.54) is 12.1 Å². The molecule has 1 unspecified atom stereocenters. The minimum Gasteiger partial charge on any atom is -0.464 e. The van der Waals surface area contributed by atoms with Crippen molar-refractivity contribution in [3.8, 4) is 0 Å². The molecule has 1 atom stereocenters. The normalized spacial score (nSPS) is 11.6. The topological polar surface area (TPSA) is 38.7 Å². The van der Waals surface area contributed by atoms with E-state index in [1.54, 1.807) is 13.0 Å². The predicted molar refractivity (Wildman–Crippen MR) is 114 cm³/mol. The highest BCUT2D eigenvalue weighted by Crippen LogP contribution is 2.21. The maximum atomic E-state index is 13.4. The number of hydrogen-bond donors (Lipinski definition) is 0. The van der Waals surface area contributed by atoms with E-state index >= 15 is 0 Å². The molecule has 0 saturated heterocycles. The van der Waals surface area contributed by atoms with Crippen LogP contribution in [0.1, 0.15) is 23.6 Å². The van der Waals surface area contributed by atoms with Crippen LogP contribution in [-0.2, 0) is 16.0 Å². The third kappa shape index (κ3) is 5.52. The quantitative estimate of drug-likeness (QED) is 0.382. The van der Waals surface area contributed by atoms with Crippen LogP contribution in [0.5, 0.6) is 0 Å². The molecule has 3 rings (SSSR count). The number of esters is 1. The number of halogens is 2. The van der Waals surface area contributed by atoms with Gasteiger partial charge in [-0.15, -0.1) is 0 Å². The molecule has 3 nitrogen and oxygen atoms in total. The molecule has 29 heavy (non-hydrogen) atoms. The third-order valence-electron chi connectivity index (χ3n) is 4.37. The van der Waals surface area contributed by atoms with E-state index in [0.29, 0.717) is 11.3 Å². The summed E-state index contributed by atoms with van der Waals surface area (Å²) in [6.45, 7) is 1.99. The van der Waals surface area contributed by atoms with Crippen molar-refractivity contribution in [1.82, 2.24) is 0 Å². The SMILES string of the molecule is CCOC(=O)C(Cc1ccc(F)cc1Cl)N=C(c1ccccc1)c1ccccc1. The Morgan fingerprint density at radius 2 is 1.59 bits per heavy atom. The van der Waals surface area contributed by atoms with Crippen LogP contribution in [0.2, 0.25) is 5.02 Å². The van der Waals surface area contributed by atoms with Gasteiger partial charge in [-0.2, -0.15) is 0 Å². The van der Waals surface area contributed by atoms with Gasteiger partial charge in [-0.3, -0.25) is 4.99 Å². The van der Waals surface area contributed by atoms with Crippen molar-refractivity contribution in [1.29, 1.82) is 0 Å². The average Bonchev–Trinajstić information content (AvgIpc) is 2.74. The molecule has 3 aromatic carbocycles. The fraction of sp³-hybridized carbons (Fsp3) is 0.167. The molecule has 0 bridgehead atoms. The maximum absolute atomic E-state index is 13.4. The number of carbonyl (C=O) groups is 1. The zero-order chi connectivity index (χ0) is 20.6. The maximum Gasteiger partial charge on any atom is 0.331 e. The fourth-order valence-corrected chi connectivity index (χ4v) is 3.22. The van der Waals surface area contributed by atoms with Crippen molar-refractivity contribution in [3.63, 3.8) is 0 Å². The van der Waals surface area contributed by atoms with E-state index in [9.17, 15) is 9.18 Å². The molecule has 0 aliphatic carbocycles. The molecule has 0 amide bonds. The molecule has 0 N–H and O–H groups in total. The molecular weight excluding hydrogens is 389 g/mol. The van der Waals surface area contributed by atoms with E-state index in [0.717, 1.165) is 11.1 Å². The minimum atomic E-state index is -0.812. The second-order valence-electron chi connectivity index (χ2n) is 6.42. The van der Waals surface area contributed by atoms with Crippen LogP contribution in [0.3, 0.4) is 0 Å². The van der Waals surface area contributed by atoms with Crippen LogP contribution in [0, 0.1) is 5.82 Å². The van der Waals surface area contributed by atoms with E-state index in [-0.39, 0.29) is 18.1 Å². The molecule has 148 valence electrons. The van der Waals surface area contributed by atoms with Crippen LogP contribution in [-0.4, -0.2) is 24.3 Å². The smallest absolute Gasteiger partial charge is 0.331 e. The standard InChI is InChI=1S/C24H21ClFNO2/c1-2-29-24(28)22(15-19-13-14-20(26)16-21(19)25)27-23(17-9-5-3-6-10-17)18-11-7-4-8-12-18/h3-14,16,22H,2,15H2,1H3. The highest BCUT2D eigenvalue weighted by molar-refractivity contribution is 6.31. The fourth-order valence-electron chi connectivity index (χ4n) is 2.98. The van der Waals surface area contributed by atoms with Gasteiger partial charge in [0, 0.05) is 22.6 Å². The van der Waals surface area contributed by atoms with Crippen molar-refractivity contribution in [2.45, 2.75) is 19.4 Å². The van der Waals surface area contributed by atoms with Crippen molar-refractivity contribution < 1.29 is 13.9 Å². The van der Waals surface area contributed by atoms with Gasteiger partial charge in [-0.05, 0) is 24.6 Å². The van der Waals surface area contributed by atoms with Crippen LogP contribution in [0.15, 0.2) is 83.9 Å². The number of aliphatic imine (C=N–C) groups is 1. The van der Waals surface area contributed by atoms with Crippen molar-refractivity contribution in [2.24, 2.45) is 4.99 Å². The Labute approximate surface area is 174 Å². The first-order valence-electron chi connectivity index (χ1n) is 9.37. The Morgan fingerprint density at radius 1 is 1.00 bits per heavy atom. The highest BCUT2D eigenvalue weighted by atomic mass is 35.5. The molecule has 0 saturated carbocycles. The summed E-state index contributed by atoms with van der Waals surface area (Å²) >= 11 is 6.19. The minimum absolute atomic E-state index is 0.209. The van der Waals surface area contributed by atoms with Gasteiger partial charge >= 0.3 is 5.97 Å². The van der Waals surface area contributed by atoms with Crippen LogP contribution >= 0.6 is 11.6 Å². The first-order chi connectivity index (χ1) is 14.1. The Hall–Kier alpha value is -2.98. The van der Waals surface area contributed by atoms with Gasteiger partial charge < -0.3 is 4.74 Å². The molecule has 0 aromatic heterocycles. The molecule has 0 heterocycles.